The van der Waals surface area contributed by atoms with Crippen LogP contribution in [0, 0.1) is 0 Å². The SMILES string of the molecule is CC(=O)N(CCN(C)CCNS(C)(=O)=O)CC(O)CN1[C@@H]2CCC[C@@]1(C(N)=O)CC2. The quantitative estimate of drug-likeness (QED) is 0.333. The van der Waals surface area contributed by atoms with Crippen LogP contribution in [0.4, 0.5) is 0 Å². The van der Waals surface area contributed by atoms with Crippen molar-refractivity contribution in [3.63, 3.8) is 0 Å². The van der Waals surface area contributed by atoms with Gasteiger partial charge in [0.05, 0.1) is 12.4 Å². The molecule has 10 nitrogen and oxygen atoms in total. The van der Waals surface area contributed by atoms with Gasteiger partial charge >= 0.3 is 0 Å². The third kappa shape index (κ3) is 6.61. The molecule has 0 aromatic heterocycles. The molecule has 2 aliphatic rings. The molecule has 4 N–H and O–H groups in total. The molecule has 0 spiro atoms. The summed E-state index contributed by atoms with van der Waals surface area (Å²) in [6.07, 6.45) is 4.70. The third-order valence-corrected chi connectivity index (χ3v) is 7.09. The monoisotopic (exact) mass is 447 g/mol. The number of nitrogens with one attached hydrogen (secondary N) is 1. The van der Waals surface area contributed by atoms with Gasteiger partial charge in [-0.15, -0.1) is 0 Å². The van der Waals surface area contributed by atoms with Crippen molar-refractivity contribution >= 4 is 21.8 Å². The Hall–Kier alpha value is -1.27. The van der Waals surface area contributed by atoms with Crippen LogP contribution >= 0.6 is 0 Å². The molecule has 2 heterocycles. The first kappa shape index (κ1) is 25.0. The van der Waals surface area contributed by atoms with Crippen LogP contribution in [0.3, 0.4) is 0 Å². The number of sulfonamides is 1. The lowest BCUT2D eigenvalue weighted by Gasteiger charge is -2.44. The van der Waals surface area contributed by atoms with Crippen molar-refractivity contribution in [2.24, 2.45) is 5.73 Å². The zero-order valence-corrected chi connectivity index (χ0v) is 19.2. The molecule has 2 rings (SSSR count). The molecule has 2 saturated heterocycles. The summed E-state index contributed by atoms with van der Waals surface area (Å²) >= 11 is 0. The van der Waals surface area contributed by atoms with Gasteiger partial charge < -0.3 is 20.6 Å². The van der Waals surface area contributed by atoms with Crippen LogP contribution in [0.1, 0.15) is 39.0 Å². The number of carbonyl (C=O) groups excluding carboxylic acids is 2. The number of rotatable bonds is 12. The molecular formula is C19H37N5O5S. The van der Waals surface area contributed by atoms with Gasteiger partial charge in [0.1, 0.15) is 5.54 Å². The lowest BCUT2D eigenvalue weighted by atomic mass is 9.87. The zero-order valence-electron chi connectivity index (χ0n) is 18.3. The average molecular weight is 448 g/mol. The maximum absolute atomic E-state index is 12.2. The van der Waals surface area contributed by atoms with Crippen LogP contribution in [0.5, 0.6) is 0 Å². The van der Waals surface area contributed by atoms with Crippen molar-refractivity contribution in [1.82, 2.24) is 19.4 Å². The second kappa shape index (κ2) is 10.4. The fourth-order valence-electron chi connectivity index (χ4n) is 4.71. The topological polar surface area (TPSA) is 136 Å². The van der Waals surface area contributed by atoms with Crippen molar-refractivity contribution in [3.05, 3.63) is 0 Å². The first-order valence-electron chi connectivity index (χ1n) is 10.6. The number of primary amides is 1. The number of amides is 2. The summed E-state index contributed by atoms with van der Waals surface area (Å²) in [5.74, 6) is -0.451. The molecule has 3 atom stereocenters. The molecule has 2 aliphatic heterocycles. The molecule has 1 unspecified atom stereocenters. The molecule has 0 aromatic carbocycles. The van der Waals surface area contributed by atoms with Crippen LogP contribution in [0.25, 0.3) is 0 Å². The van der Waals surface area contributed by atoms with Crippen LogP contribution in [-0.4, -0.2) is 110 Å². The van der Waals surface area contributed by atoms with Crippen molar-refractivity contribution in [2.75, 3.05) is 52.6 Å². The largest absolute Gasteiger partial charge is 0.390 e. The van der Waals surface area contributed by atoms with E-state index >= 15 is 0 Å². The van der Waals surface area contributed by atoms with Crippen LogP contribution in [-0.2, 0) is 19.6 Å². The fraction of sp³-hybridized carbons (Fsp3) is 0.895. The number of fused-ring (bicyclic) bond motifs is 2. The minimum atomic E-state index is -3.22. The highest BCUT2D eigenvalue weighted by atomic mass is 32.2. The Bertz CT molecular complexity index is 714. The van der Waals surface area contributed by atoms with Gasteiger partial charge in [0.2, 0.25) is 21.8 Å². The predicted molar refractivity (Wildman–Crippen MR) is 114 cm³/mol. The summed E-state index contributed by atoms with van der Waals surface area (Å²) in [6.45, 7) is 3.75. The Labute approximate surface area is 179 Å². The predicted octanol–water partition coefficient (Wildman–Crippen LogP) is -1.45. The number of hydrogen-bond acceptors (Lipinski definition) is 7. The van der Waals surface area contributed by atoms with Gasteiger partial charge in [-0.05, 0) is 39.2 Å². The Morgan fingerprint density at radius 2 is 1.97 bits per heavy atom. The van der Waals surface area contributed by atoms with Crippen LogP contribution in [0.15, 0.2) is 0 Å². The van der Waals surface area contributed by atoms with E-state index in [1.807, 2.05) is 11.9 Å². The van der Waals surface area contributed by atoms with E-state index in [-0.39, 0.29) is 24.4 Å². The Morgan fingerprint density at radius 3 is 2.57 bits per heavy atom. The van der Waals surface area contributed by atoms with E-state index in [9.17, 15) is 23.1 Å². The summed E-state index contributed by atoms with van der Waals surface area (Å²) in [6, 6.07) is 0.264. The minimum Gasteiger partial charge on any atom is -0.390 e. The Kier molecular flexibility index (Phi) is 8.63. The van der Waals surface area contributed by atoms with E-state index in [0.29, 0.717) is 32.7 Å². The molecule has 2 amide bonds. The van der Waals surface area contributed by atoms with Gasteiger partial charge in [-0.25, -0.2) is 13.1 Å². The number of hydrogen-bond donors (Lipinski definition) is 3. The average Bonchev–Trinajstić information content (AvgIpc) is 2.83. The van der Waals surface area contributed by atoms with Crippen LogP contribution in [0.2, 0.25) is 0 Å². The van der Waals surface area contributed by atoms with E-state index in [0.717, 1.165) is 38.4 Å². The molecule has 174 valence electrons. The van der Waals surface area contributed by atoms with E-state index in [4.69, 9.17) is 5.73 Å². The molecule has 0 radical (unpaired) electrons. The highest BCUT2D eigenvalue weighted by Crippen LogP contribution is 2.43. The highest BCUT2D eigenvalue weighted by molar-refractivity contribution is 7.88. The fourth-order valence-corrected chi connectivity index (χ4v) is 5.17. The maximum Gasteiger partial charge on any atom is 0.237 e. The van der Waals surface area contributed by atoms with E-state index in [2.05, 4.69) is 9.62 Å². The molecule has 0 saturated carbocycles. The number of likely N-dealkylation sites (N-methyl/N-ethyl adjacent to an activating group) is 1. The highest BCUT2D eigenvalue weighted by Gasteiger charge is 2.52. The van der Waals surface area contributed by atoms with Crippen LogP contribution < -0.4 is 10.5 Å². The standard InChI is InChI=1S/C19H37N5O5S/c1-15(25)23(12-11-22(2)10-9-21-30(3,28)29)13-17(26)14-24-16-5-4-7-19(24,8-6-16)18(20)27/h16-17,21,26H,4-14H2,1-3H3,(H2,20,27)/t16-,17?,19+/m1/s1. The molecule has 2 fully saturated rings. The molecule has 0 aliphatic carbocycles. The van der Waals surface area contributed by atoms with Gasteiger partial charge in [-0.1, -0.05) is 0 Å². The van der Waals surface area contributed by atoms with E-state index in [1.165, 1.54) is 6.92 Å². The summed E-state index contributed by atoms with van der Waals surface area (Å²) in [5, 5.41) is 10.7. The van der Waals surface area contributed by atoms with Gasteiger partial charge in [-0.3, -0.25) is 14.5 Å². The first-order valence-corrected chi connectivity index (χ1v) is 12.5. The van der Waals surface area contributed by atoms with Gasteiger partial charge in [0.15, 0.2) is 0 Å². The normalized spacial score (nSPS) is 25.4. The van der Waals surface area contributed by atoms with Crippen molar-refractivity contribution in [1.29, 1.82) is 0 Å². The second-order valence-electron chi connectivity index (χ2n) is 8.72. The Morgan fingerprint density at radius 1 is 1.27 bits per heavy atom. The maximum atomic E-state index is 12.2. The Balaban J connectivity index is 1.86. The molecule has 30 heavy (non-hydrogen) atoms. The zero-order chi connectivity index (χ0) is 22.5. The third-order valence-electron chi connectivity index (χ3n) is 6.36. The number of nitrogens with zero attached hydrogens (tertiary/aromatic N) is 3. The molecule has 0 aromatic rings. The number of aliphatic hydroxyl groups is 1. The first-order chi connectivity index (χ1) is 13.9. The number of nitrogens with two attached hydrogens (primary N) is 1. The number of piperidine rings is 1. The molecule has 11 heteroatoms. The summed E-state index contributed by atoms with van der Waals surface area (Å²) < 4.78 is 24.7. The second-order valence-corrected chi connectivity index (χ2v) is 10.6. The summed E-state index contributed by atoms with van der Waals surface area (Å²) in [4.78, 5) is 29.8. The molecule has 2 bridgehead atoms. The van der Waals surface area contributed by atoms with Crippen molar-refractivity contribution < 1.29 is 23.1 Å². The lowest BCUT2D eigenvalue weighted by Crippen LogP contribution is -2.60. The lowest BCUT2D eigenvalue weighted by molar-refractivity contribution is -0.135. The molecular weight excluding hydrogens is 410 g/mol. The number of carbonyl (C=O) groups is 2. The van der Waals surface area contributed by atoms with E-state index < -0.39 is 21.7 Å². The summed E-state index contributed by atoms with van der Waals surface area (Å²) in [7, 11) is -1.37. The van der Waals surface area contributed by atoms with Crippen molar-refractivity contribution in [2.45, 2.75) is 56.7 Å². The van der Waals surface area contributed by atoms with Gasteiger partial charge in [0.25, 0.3) is 0 Å². The minimum absolute atomic E-state index is 0.136. The van der Waals surface area contributed by atoms with Crippen molar-refractivity contribution in [3.8, 4) is 0 Å². The smallest absolute Gasteiger partial charge is 0.237 e. The summed E-state index contributed by atoms with van der Waals surface area (Å²) in [5.41, 5.74) is 5.07. The van der Waals surface area contributed by atoms with Gasteiger partial charge in [-0.2, -0.15) is 0 Å². The van der Waals surface area contributed by atoms with E-state index in [1.54, 1.807) is 4.90 Å². The number of β-amino-alcohol motifs (C(OH)–C–C–N with tert-alkyl or cyclic N) is 1. The number of aliphatic hydroxyl groups excluding tert-OH is 1. The van der Waals surface area contributed by atoms with Gasteiger partial charge in [0, 0.05) is 52.2 Å².